The van der Waals surface area contributed by atoms with Gasteiger partial charge in [0.25, 0.3) is 0 Å². The van der Waals surface area contributed by atoms with E-state index in [9.17, 15) is 9.59 Å². The summed E-state index contributed by atoms with van der Waals surface area (Å²) in [6.07, 6.45) is 5.24. The smallest absolute Gasteiger partial charge is 0.228 e. The number of hydrogen-bond donors (Lipinski definition) is 2. The molecule has 1 aromatic rings. The summed E-state index contributed by atoms with van der Waals surface area (Å²) in [5.41, 5.74) is 1.07. The van der Waals surface area contributed by atoms with Crippen LogP contribution >= 0.6 is 0 Å². The molecule has 1 unspecified atom stereocenters. The quantitative estimate of drug-likeness (QED) is 0.882. The predicted molar refractivity (Wildman–Crippen MR) is 92.5 cm³/mol. The standard InChI is InChI=1S/C18H26N4O2/c1-13-4-5-16(20-11-13)21-17(23)14-6-9-22(10-7-14)18(24)15-3-2-8-19-12-15/h4-5,11,14-15,19H,2-3,6-10,12H2,1H3,(H,20,21,23). The highest BCUT2D eigenvalue weighted by molar-refractivity contribution is 5.92. The van der Waals surface area contributed by atoms with E-state index in [-0.39, 0.29) is 23.7 Å². The normalized spacial score (nSPS) is 22.2. The SMILES string of the molecule is Cc1ccc(NC(=O)C2CCN(C(=O)C3CCCNC3)CC2)nc1. The van der Waals surface area contributed by atoms with Gasteiger partial charge in [-0.1, -0.05) is 6.07 Å². The second kappa shape index (κ2) is 7.75. The molecule has 2 saturated heterocycles. The summed E-state index contributed by atoms with van der Waals surface area (Å²) in [4.78, 5) is 31.0. The van der Waals surface area contributed by atoms with E-state index < -0.39 is 0 Å². The predicted octanol–water partition coefficient (Wildman–Crippen LogP) is 1.57. The first-order valence-corrected chi connectivity index (χ1v) is 8.86. The summed E-state index contributed by atoms with van der Waals surface area (Å²) in [6, 6.07) is 3.75. The molecule has 2 N–H and O–H groups in total. The molecule has 0 radical (unpaired) electrons. The van der Waals surface area contributed by atoms with Crippen LogP contribution in [-0.2, 0) is 9.59 Å². The topological polar surface area (TPSA) is 74.3 Å². The second-order valence-electron chi connectivity index (χ2n) is 6.85. The maximum Gasteiger partial charge on any atom is 0.228 e. The van der Waals surface area contributed by atoms with E-state index >= 15 is 0 Å². The van der Waals surface area contributed by atoms with E-state index in [0.717, 1.165) is 44.3 Å². The number of anilines is 1. The van der Waals surface area contributed by atoms with Gasteiger partial charge in [-0.05, 0) is 50.8 Å². The lowest BCUT2D eigenvalue weighted by Crippen LogP contribution is -2.47. The molecule has 1 atom stereocenters. The number of piperidine rings is 2. The van der Waals surface area contributed by atoms with Gasteiger partial charge in [0, 0.05) is 31.7 Å². The van der Waals surface area contributed by atoms with Gasteiger partial charge in [-0.2, -0.15) is 0 Å². The van der Waals surface area contributed by atoms with Crippen molar-refractivity contribution in [3.63, 3.8) is 0 Å². The lowest BCUT2D eigenvalue weighted by atomic mass is 9.93. The molecule has 0 spiro atoms. The molecule has 130 valence electrons. The molecule has 2 aliphatic rings. The molecule has 0 bridgehead atoms. The number of pyridine rings is 1. The number of likely N-dealkylation sites (tertiary alicyclic amines) is 1. The number of nitrogens with one attached hydrogen (secondary N) is 2. The Morgan fingerprint density at radius 1 is 1.21 bits per heavy atom. The Hall–Kier alpha value is -1.95. The van der Waals surface area contributed by atoms with Crippen molar-refractivity contribution in [2.75, 3.05) is 31.5 Å². The molecular weight excluding hydrogens is 304 g/mol. The van der Waals surface area contributed by atoms with Gasteiger partial charge in [0.05, 0.1) is 5.92 Å². The molecule has 3 heterocycles. The van der Waals surface area contributed by atoms with Crippen LogP contribution in [0, 0.1) is 18.8 Å². The molecule has 0 saturated carbocycles. The summed E-state index contributed by atoms with van der Waals surface area (Å²) in [5, 5.41) is 6.18. The minimum atomic E-state index is -0.0402. The zero-order valence-electron chi connectivity index (χ0n) is 14.3. The summed E-state index contributed by atoms with van der Waals surface area (Å²) < 4.78 is 0. The Morgan fingerprint density at radius 2 is 2.00 bits per heavy atom. The van der Waals surface area contributed by atoms with E-state index in [0.29, 0.717) is 18.9 Å². The van der Waals surface area contributed by atoms with E-state index in [1.54, 1.807) is 6.20 Å². The maximum atomic E-state index is 12.5. The largest absolute Gasteiger partial charge is 0.342 e. The van der Waals surface area contributed by atoms with Crippen LogP contribution in [0.1, 0.15) is 31.2 Å². The molecule has 0 aliphatic carbocycles. The highest BCUT2D eigenvalue weighted by Gasteiger charge is 2.31. The molecule has 2 fully saturated rings. The third kappa shape index (κ3) is 4.12. The molecule has 3 rings (SSSR count). The molecule has 24 heavy (non-hydrogen) atoms. The van der Waals surface area contributed by atoms with Crippen LogP contribution in [0.15, 0.2) is 18.3 Å². The summed E-state index contributed by atoms with van der Waals surface area (Å²) in [6.45, 7) is 5.12. The molecule has 2 amide bonds. The van der Waals surface area contributed by atoms with Crippen molar-refractivity contribution >= 4 is 17.6 Å². The van der Waals surface area contributed by atoms with Crippen LogP contribution < -0.4 is 10.6 Å². The van der Waals surface area contributed by atoms with Crippen LogP contribution in [0.3, 0.4) is 0 Å². The lowest BCUT2D eigenvalue weighted by molar-refractivity contribution is -0.138. The third-order valence-corrected chi connectivity index (χ3v) is 4.99. The number of nitrogens with zero attached hydrogens (tertiary/aromatic N) is 2. The number of amides is 2. The third-order valence-electron chi connectivity index (χ3n) is 4.99. The van der Waals surface area contributed by atoms with Gasteiger partial charge in [0.1, 0.15) is 5.82 Å². The highest BCUT2D eigenvalue weighted by atomic mass is 16.2. The van der Waals surface area contributed by atoms with Gasteiger partial charge in [-0.25, -0.2) is 4.98 Å². The molecule has 6 nitrogen and oxygen atoms in total. The first-order chi connectivity index (χ1) is 11.6. The van der Waals surface area contributed by atoms with Gasteiger partial charge in [0.2, 0.25) is 11.8 Å². The maximum absolute atomic E-state index is 12.5. The number of carbonyl (C=O) groups is 2. The van der Waals surface area contributed by atoms with Crippen LogP contribution in [0.4, 0.5) is 5.82 Å². The molecule has 6 heteroatoms. The number of aryl methyl sites for hydroxylation is 1. The minimum Gasteiger partial charge on any atom is -0.342 e. The van der Waals surface area contributed by atoms with Gasteiger partial charge < -0.3 is 15.5 Å². The van der Waals surface area contributed by atoms with Crippen molar-refractivity contribution in [2.24, 2.45) is 11.8 Å². The molecule has 2 aliphatic heterocycles. The van der Waals surface area contributed by atoms with Crippen molar-refractivity contribution in [2.45, 2.75) is 32.6 Å². The zero-order chi connectivity index (χ0) is 16.9. The van der Waals surface area contributed by atoms with Crippen LogP contribution in [0.5, 0.6) is 0 Å². The van der Waals surface area contributed by atoms with Crippen LogP contribution in [-0.4, -0.2) is 47.9 Å². The Bertz CT molecular complexity index is 573. The van der Waals surface area contributed by atoms with Gasteiger partial charge in [0.15, 0.2) is 0 Å². The van der Waals surface area contributed by atoms with E-state index in [1.807, 2.05) is 24.0 Å². The summed E-state index contributed by atoms with van der Waals surface area (Å²) >= 11 is 0. The van der Waals surface area contributed by atoms with Crippen LogP contribution in [0.25, 0.3) is 0 Å². The van der Waals surface area contributed by atoms with Crippen molar-refractivity contribution in [1.29, 1.82) is 0 Å². The van der Waals surface area contributed by atoms with Gasteiger partial charge in [-0.15, -0.1) is 0 Å². The molecular formula is C18H26N4O2. The Balaban J connectivity index is 1.48. The fraction of sp³-hybridized carbons (Fsp3) is 0.611. The fourth-order valence-electron chi connectivity index (χ4n) is 3.45. The molecule has 1 aromatic heterocycles. The van der Waals surface area contributed by atoms with Gasteiger partial charge in [-0.3, -0.25) is 9.59 Å². The van der Waals surface area contributed by atoms with Crippen molar-refractivity contribution in [1.82, 2.24) is 15.2 Å². The van der Waals surface area contributed by atoms with Crippen molar-refractivity contribution < 1.29 is 9.59 Å². The lowest BCUT2D eigenvalue weighted by Gasteiger charge is -2.34. The molecule has 0 aromatic carbocycles. The zero-order valence-corrected chi connectivity index (χ0v) is 14.3. The first kappa shape index (κ1) is 16.9. The number of carbonyl (C=O) groups excluding carboxylic acids is 2. The fourth-order valence-corrected chi connectivity index (χ4v) is 3.45. The van der Waals surface area contributed by atoms with E-state index in [1.165, 1.54) is 0 Å². The van der Waals surface area contributed by atoms with E-state index in [4.69, 9.17) is 0 Å². The summed E-state index contributed by atoms with van der Waals surface area (Å²) in [5.74, 6) is 0.930. The monoisotopic (exact) mass is 330 g/mol. The van der Waals surface area contributed by atoms with Crippen LogP contribution in [0.2, 0.25) is 0 Å². The van der Waals surface area contributed by atoms with Crippen molar-refractivity contribution in [3.8, 4) is 0 Å². The Morgan fingerprint density at radius 3 is 2.62 bits per heavy atom. The average Bonchev–Trinajstić information content (AvgIpc) is 2.64. The van der Waals surface area contributed by atoms with Gasteiger partial charge >= 0.3 is 0 Å². The summed E-state index contributed by atoms with van der Waals surface area (Å²) in [7, 11) is 0. The number of rotatable bonds is 3. The first-order valence-electron chi connectivity index (χ1n) is 8.86. The Kier molecular flexibility index (Phi) is 5.45. The van der Waals surface area contributed by atoms with E-state index in [2.05, 4.69) is 15.6 Å². The number of aromatic nitrogens is 1. The number of hydrogen-bond acceptors (Lipinski definition) is 4. The second-order valence-corrected chi connectivity index (χ2v) is 6.85. The average molecular weight is 330 g/mol. The van der Waals surface area contributed by atoms with Crippen molar-refractivity contribution in [3.05, 3.63) is 23.9 Å². The highest BCUT2D eigenvalue weighted by Crippen LogP contribution is 2.22. The Labute approximate surface area is 143 Å². The minimum absolute atomic E-state index is 0.0118.